The molecule has 86 valence electrons. The van der Waals surface area contributed by atoms with E-state index in [1.54, 1.807) is 0 Å². The lowest BCUT2D eigenvalue weighted by molar-refractivity contribution is 0.00203. The number of fused-ring (bicyclic) bond motifs is 1. The van der Waals surface area contributed by atoms with Crippen LogP contribution in [-0.2, 0) is 6.42 Å². The highest BCUT2D eigenvalue weighted by Gasteiger charge is 2.29. The van der Waals surface area contributed by atoms with Crippen molar-refractivity contribution in [3.63, 3.8) is 0 Å². The Bertz CT molecular complexity index is 452. The molecule has 0 saturated heterocycles. The standard InChI is InChI=1S/C11H12O5/c1-5(12)10-7(13)4-8-6(11(10)15-2)3-9(14)16-8/h4,9,13-14H,3H2,1-2H3. The van der Waals surface area contributed by atoms with E-state index in [1.807, 2.05) is 0 Å². The zero-order chi connectivity index (χ0) is 11.9. The van der Waals surface area contributed by atoms with Gasteiger partial charge in [-0.3, -0.25) is 4.79 Å². The van der Waals surface area contributed by atoms with E-state index in [-0.39, 0.29) is 29.3 Å². The minimum Gasteiger partial charge on any atom is -0.507 e. The second-order valence-electron chi connectivity index (χ2n) is 3.61. The summed E-state index contributed by atoms with van der Waals surface area (Å²) in [5, 5.41) is 19.0. The third-order valence-corrected chi connectivity index (χ3v) is 2.52. The summed E-state index contributed by atoms with van der Waals surface area (Å²) in [6, 6.07) is 1.32. The Morgan fingerprint density at radius 2 is 2.31 bits per heavy atom. The summed E-state index contributed by atoms with van der Waals surface area (Å²) in [5.41, 5.74) is 0.733. The van der Waals surface area contributed by atoms with Crippen molar-refractivity contribution >= 4 is 5.78 Å². The van der Waals surface area contributed by atoms with Gasteiger partial charge in [0.25, 0.3) is 0 Å². The van der Waals surface area contributed by atoms with Crippen molar-refractivity contribution in [1.82, 2.24) is 0 Å². The number of phenolic OH excluding ortho intramolecular Hbond substituents is 1. The summed E-state index contributed by atoms with van der Waals surface area (Å²) < 4.78 is 10.2. The largest absolute Gasteiger partial charge is 0.507 e. The molecule has 16 heavy (non-hydrogen) atoms. The maximum atomic E-state index is 11.4. The normalized spacial score (nSPS) is 17.8. The first-order valence-electron chi connectivity index (χ1n) is 4.83. The molecule has 0 spiro atoms. The van der Waals surface area contributed by atoms with Gasteiger partial charge in [0.1, 0.15) is 22.8 Å². The first-order valence-corrected chi connectivity index (χ1v) is 4.83. The van der Waals surface area contributed by atoms with Crippen molar-refractivity contribution in [2.75, 3.05) is 7.11 Å². The summed E-state index contributed by atoms with van der Waals surface area (Å²) in [7, 11) is 1.41. The molecule has 0 aliphatic carbocycles. The second kappa shape index (κ2) is 3.68. The summed E-state index contributed by atoms with van der Waals surface area (Å²) >= 11 is 0. The van der Waals surface area contributed by atoms with Gasteiger partial charge < -0.3 is 19.7 Å². The number of methoxy groups -OCH3 is 1. The molecule has 5 heteroatoms. The number of carbonyl (C=O) groups excluding carboxylic acids is 1. The lowest BCUT2D eigenvalue weighted by atomic mass is 10.0. The topological polar surface area (TPSA) is 76.0 Å². The van der Waals surface area contributed by atoms with Crippen LogP contribution in [0, 0.1) is 0 Å². The molecule has 0 saturated carbocycles. The maximum Gasteiger partial charge on any atom is 0.201 e. The Hall–Kier alpha value is -1.75. The van der Waals surface area contributed by atoms with Gasteiger partial charge in [-0.05, 0) is 6.92 Å². The van der Waals surface area contributed by atoms with Gasteiger partial charge in [0.05, 0.1) is 7.11 Å². The van der Waals surface area contributed by atoms with Crippen molar-refractivity contribution < 1.29 is 24.5 Å². The number of Topliss-reactive ketones (excluding diaryl/α,β-unsaturated/α-hetero) is 1. The molecule has 2 N–H and O–H groups in total. The van der Waals surface area contributed by atoms with Crippen LogP contribution in [0.5, 0.6) is 17.2 Å². The van der Waals surface area contributed by atoms with Gasteiger partial charge in [0.15, 0.2) is 5.78 Å². The van der Waals surface area contributed by atoms with E-state index in [1.165, 1.54) is 20.1 Å². The van der Waals surface area contributed by atoms with Crippen molar-refractivity contribution in [2.45, 2.75) is 19.6 Å². The number of aromatic hydroxyl groups is 1. The van der Waals surface area contributed by atoms with Gasteiger partial charge in [0.2, 0.25) is 6.29 Å². The minimum atomic E-state index is -0.953. The maximum absolute atomic E-state index is 11.4. The molecule has 1 aliphatic heterocycles. The Kier molecular flexibility index (Phi) is 2.47. The highest BCUT2D eigenvalue weighted by atomic mass is 16.6. The number of benzene rings is 1. The number of aliphatic hydroxyl groups excluding tert-OH is 1. The summed E-state index contributed by atoms with van der Waals surface area (Å²) in [5.74, 6) is 0.140. The molecule has 0 aromatic heterocycles. The Labute approximate surface area is 92.2 Å². The first kappa shape index (κ1) is 10.8. The lowest BCUT2D eigenvalue weighted by Gasteiger charge is -2.11. The van der Waals surface area contributed by atoms with E-state index >= 15 is 0 Å². The molecule has 0 fully saturated rings. The van der Waals surface area contributed by atoms with Crippen LogP contribution in [0.2, 0.25) is 0 Å². The molecular formula is C11H12O5. The van der Waals surface area contributed by atoms with E-state index < -0.39 is 6.29 Å². The summed E-state index contributed by atoms with van der Waals surface area (Å²) in [4.78, 5) is 11.4. The number of aliphatic hydroxyl groups is 1. The molecule has 1 aromatic carbocycles. The quantitative estimate of drug-likeness (QED) is 0.728. The highest BCUT2D eigenvalue weighted by Crippen LogP contribution is 2.42. The van der Waals surface area contributed by atoms with Gasteiger partial charge >= 0.3 is 0 Å². The first-order chi connectivity index (χ1) is 7.54. The molecule has 5 nitrogen and oxygen atoms in total. The molecule has 0 bridgehead atoms. The van der Waals surface area contributed by atoms with Crippen LogP contribution in [0.25, 0.3) is 0 Å². The number of ether oxygens (including phenoxy) is 2. The number of phenols is 1. The number of hydrogen-bond donors (Lipinski definition) is 2. The van der Waals surface area contributed by atoms with Gasteiger partial charge in [-0.1, -0.05) is 0 Å². The predicted molar refractivity (Wildman–Crippen MR) is 55.0 cm³/mol. The zero-order valence-electron chi connectivity index (χ0n) is 8.98. The average molecular weight is 224 g/mol. The van der Waals surface area contributed by atoms with Crippen molar-refractivity contribution in [3.05, 3.63) is 17.2 Å². The van der Waals surface area contributed by atoms with Gasteiger partial charge in [0, 0.05) is 18.1 Å². The Balaban J connectivity index is 2.66. The smallest absolute Gasteiger partial charge is 0.201 e. The van der Waals surface area contributed by atoms with Crippen LogP contribution >= 0.6 is 0 Å². The van der Waals surface area contributed by atoms with Crippen LogP contribution in [0.3, 0.4) is 0 Å². The molecule has 0 radical (unpaired) electrons. The van der Waals surface area contributed by atoms with Crippen LogP contribution < -0.4 is 9.47 Å². The highest BCUT2D eigenvalue weighted by molar-refractivity contribution is 6.00. The molecule has 2 rings (SSSR count). The predicted octanol–water partition coefficient (Wildman–Crippen LogP) is 0.857. The fraction of sp³-hybridized carbons (Fsp3) is 0.364. The monoisotopic (exact) mass is 224 g/mol. The average Bonchev–Trinajstić information content (AvgIpc) is 2.55. The molecule has 1 aromatic rings. The van der Waals surface area contributed by atoms with Gasteiger partial charge in [-0.25, -0.2) is 0 Å². The molecule has 1 unspecified atom stereocenters. The van der Waals surface area contributed by atoms with E-state index in [9.17, 15) is 15.0 Å². The number of hydrogen-bond acceptors (Lipinski definition) is 5. The van der Waals surface area contributed by atoms with Crippen molar-refractivity contribution in [2.24, 2.45) is 0 Å². The van der Waals surface area contributed by atoms with Crippen LogP contribution in [0.1, 0.15) is 22.8 Å². The van der Waals surface area contributed by atoms with Crippen LogP contribution in [-0.4, -0.2) is 29.4 Å². The second-order valence-corrected chi connectivity index (χ2v) is 3.61. The lowest BCUT2D eigenvalue weighted by Crippen LogP contribution is -2.10. The molecule has 1 atom stereocenters. The number of carbonyl (C=O) groups is 1. The van der Waals surface area contributed by atoms with Crippen molar-refractivity contribution in [1.29, 1.82) is 0 Å². The summed E-state index contributed by atoms with van der Waals surface area (Å²) in [6.07, 6.45) is -0.704. The van der Waals surface area contributed by atoms with Crippen molar-refractivity contribution in [3.8, 4) is 17.2 Å². The minimum absolute atomic E-state index is 0.124. The Morgan fingerprint density at radius 1 is 1.62 bits per heavy atom. The van der Waals surface area contributed by atoms with E-state index in [0.717, 1.165) is 0 Å². The number of ketones is 1. The molecule has 1 heterocycles. The van der Waals surface area contributed by atoms with E-state index in [4.69, 9.17) is 9.47 Å². The van der Waals surface area contributed by atoms with Gasteiger partial charge in [-0.15, -0.1) is 0 Å². The van der Waals surface area contributed by atoms with Crippen LogP contribution in [0.15, 0.2) is 6.07 Å². The zero-order valence-corrected chi connectivity index (χ0v) is 8.98. The fourth-order valence-corrected chi connectivity index (χ4v) is 1.89. The third-order valence-electron chi connectivity index (χ3n) is 2.52. The molecule has 0 amide bonds. The third kappa shape index (κ3) is 1.49. The summed E-state index contributed by atoms with van der Waals surface area (Å²) in [6.45, 7) is 1.34. The molecule has 1 aliphatic rings. The fourth-order valence-electron chi connectivity index (χ4n) is 1.89. The van der Waals surface area contributed by atoms with E-state index in [2.05, 4.69) is 0 Å². The van der Waals surface area contributed by atoms with Crippen LogP contribution in [0.4, 0.5) is 0 Å². The van der Waals surface area contributed by atoms with Gasteiger partial charge in [-0.2, -0.15) is 0 Å². The number of rotatable bonds is 2. The molecular weight excluding hydrogens is 212 g/mol. The van der Waals surface area contributed by atoms with E-state index in [0.29, 0.717) is 11.3 Å². The Morgan fingerprint density at radius 3 is 2.88 bits per heavy atom. The SMILES string of the molecule is COc1c2c(cc(O)c1C(C)=O)OC(O)C2.